The van der Waals surface area contributed by atoms with Crippen molar-refractivity contribution >= 4 is 17.5 Å². The molecule has 0 bridgehead atoms. The van der Waals surface area contributed by atoms with Gasteiger partial charge in [0.2, 0.25) is 0 Å². The first-order valence-corrected chi connectivity index (χ1v) is 8.50. The Labute approximate surface area is 124 Å². The van der Waals surface area contributed by atoms with Gasteiger partial charge < -0.3 is 9.15 Å². The van der Waals surface area contributed by atoms with Gasteiger partial charge in [-0.25, -0.2) is 0 Å². The number of furan rings is 1. The molecule has 0 aliphatic carbocycles. The summed E-state index contributed by atoms with van der Waals surface area (Å²) in [7, 11) is 0. The molecule has 0 amide bonds. The van der Waals surface area contributed by atoms with Crippen molar-refractivity contribution in [2.75, 3.05) is 18.1 Å². The van der Waals surface area contributed by atoms with Crippen molar-refractivity contribution in [3.63, 3.8) is 0 Å². The number of ether oxygens (including phenoxy) is 1. The molecule has 110 valence electrons. The van der Waals surface area contributed by atoms with Crippen LogP contribution in [0.2, 0.25) is 0 Å². The molecule has 1 spiro atoms. The molecule has 0 aromatic carbocycles. The molecular weight excluding hydrogens is 272 g/mol. The largest absolute Gasteiger partial charge is 0.466 e. The minimum Gasteiger partial charge on any atom is -0.466 e. The molecule has 1 aromatic heterocycles. The molecule has 2 saturated heterocycles. The second kappa shape index (κ2) is 5.23. The fourth-order valence-corrected chi connectivity index (χ4v) is 4.85. The van der Waals surface area contributed by atoms with Crippen LogP contribution in [-0.2, 0) is 4.74 Å². The number of carbonyl (C=O) groups is 1. The predicted octanol–water partition coefficient (Wildman–Crippen LogP) is 3.69. The van der Waals surface area contributed by atoms with E-state index in [1.165, 1.54) is 0 Å². The van der Waals surface area contributed by atoms with Crippen molar-refractivity contribution < 1.29 is 13.9 Å². The maximum Gasteiger partial charge on any atom is 0.169 e. The Morgan fingerprint density at radius 2 is 2.10 bits per heavy atom. The summed E-state index contributed by atoms with van der Waals surface area (Å²) in [5, 5.41) is 0. The highest BCUT2D eigenvalue weighted by atomic mass is 32.2. The first-order valence-electron chi connectivity index (χ1n) is 7.35. The summed E-state index contributed by atoms with van der Waals surface area (Å²) >= 11 is 1.94. The summed E-state index contributed by atoms with van der Waals surface area (Å²) in [6.45, 7) is 6.53. The van der Waals surface area contributed by atoms with Crippen LogP contribution in [-0.4, -0.2) is 29.5 Å². The van der Waals surface area contributed by atoms with Crippen LogP contribution >= 0.6 is 11.8 Å². The maximum atomic E-state index is 12.9. The number of Topliss-reactive ketones (excluding diaryl/α,β-unsaturated/α-hetero) is 1. The highest BCUT2D eigenvalue weighted by Crippen LogP contribution is 2.41. The Morgan fingerprint density at radius 3 is 2.70 bits per heavy atom. The molecule has 0 N–H and O–H groups in total. The Hall–Kier alpha value is -0.740. The van der Waals surface area contributed by atoms with E-state index in [9.17, 15) is 4.79 Å². The van der Waals surface area contributed by atoms with Crippen molar-refractivity contribution in [2.24, 2.45) is 5.92 Å². The third-order valence-corrected chi connectivity index (χ3v) is 5.96. The van der Waals surface area contributed by atoms with E-state index in [1.807, 2.05) is 32.5 Å². The molecule has 2 unspecified atom stereocenters. The second-order valence-electron chi connectivity index (χ2n) is 6.10. The van der Waals surface area contributed by atoms with Crippen LogP contribution in [0.3, 0.4) is 0 Å². The molecule has 20 heavy (non-hydrogen) atoms. The lowest BCUT2D eigenvalue weighted by atomic mass is 9.80. The topological polar surface area (TPSA) is 39.4 Å². The normalized spacial score (nSPS) is 30.1. The monoisotopic (exact) mass is 294 g/mol. The van der Waals surface area contributed by atoms with Gasteiger partial charge in [0.15, 0.2) is 5.78 Å². The fraction of sp³-hybridized carbons (Fsp3) is 0.688. The fourth-order valence-electron chi connectivity index (χ4n) is 3.47. The van der Waals surface area contributed by atoms with E-state index < -0.39 is 0 Å². The van der Waals surface area contributed by atoms with Gasteiger partial charge in [0.1, 0.15) is 11.5 Å². The van der Waals surface area contributed by atoms with Gasteiger partial charge in [0.25, 0.3) is 0 Å². The van der Waals surface area contributed by atoms with Gasteiger partial charge in [-0.1, -0.05) is 0 Å². The van der Waals surface area contributed by atoms with Crippen LogP contribution in [0.5, 0.6) is 0 Å². The molecule has 3 heterocycles. The Morgan fingerprint density at radius 1 is 1.30 bits per heavy atom. The zero-order chi connectivity index (χ0) is 14.3. The number of ketones is 1. The van der Waals surface area contributed by atoms with Gasteiger partial charge in [0.05, 0.1) is 11.2 Å². The summed E-state index contributed by atoms with van der Waals surface area (Å²) in [4.78, 5) is 12.9. The average molecular weight is 294 g/mol. The van der Waals surface area contributed by atoms with Gasteiger partial charge in [-0.05, 0) is 45.8 Å². The maximum absolute atomic E-state index is 12.9. The molecule has 2 atom stereocenters. The predicted molar refractivity (Wildman–Crippen MR) is 80.6 cm³/mol. The molecule has 4 heteroatoms. The Balaban J connectivity index is 1.83. The van der Waals surface area contributed by atoms with Crippen LogP contribution < -0.4 is 0 Å². The zero-order valence-corrected chi connectivity index (χ0v) is 13.3. The lowest BCUT2D eigenvalue weighted by molar-refractivity contribution is -0.0734. The number of thioether (sulfide) groups is 1. The molecule has 3 rings (SSSR count). The molecule has 3 nitrogen and oxygen atoms in total. The van der Waals surface area contributed by atoms with Crippen molar-refractivity contribution in [1.82, 2.24) is 0 Å². The zero-order valence-electron chi connectivity index (χ0n) is 12.5. The van der Waals surface area contributed by atoms with Crippen molar-refractivity contribution in [2.45, 2.75) is 45.6 Å². The van der Waals surface area contributed by atoms with Crippen LogP contribution in [0.4, 0.5) is 0 Å². The minimum absolute atomic E-state index is 0.0379. The average Bonchev–Trinajstić information content (AvgIpc) is 2.95. The number of hydrogen-bond acceptors (Lipinski definition) is 4. The summed E-state index contributed by atoms with van der Waals surface area (Å²) in [5.41, 5.74) is 1.79. The number of carbonyl (C=O) groups excluding carboxylic acids is 1. The summed E-state index contributed by atoms with van der Waals surface area (Å²) in [6.07, 6.45) is 2.81. The minimum atomic E-state index is -0.0379. The molecule has 0 radical (unpaired) electrons. The first kappa shape index (κ1) is 14.2. The Kier molecular flexibility index (Phi) is 3.71. The van der Waals surface area contributed by atoms with Gasteiger partial charge in [-0.15, -0.1) is 0 Å². The van der Waals surface area contributed by atoms with E-state index in [4.69, 9.17) is 9.15 Å². The summed E-state index contributed by atoms with van der Waals surface area (Å²) in [6, 6.07) is 0. The summed E-state index contributed by atoms with van der Waals surface area (Å²) < 4.78 is 11.6. The molecule has 1 aromatic rings. The molecule has 2 aliphatic heterocycles. The molecule has 0 saturated carbocycles. The van der Waals surface area contributed by atoms with Gasteiger partial charge in [0, 0.05) is 23.8 Å². The third-order valence-electron chi connectivity index (χ3n) is 4.74. The first-order chi connectivity index (χ1) is 9.52. The summed E-state index contributed by atoms with van der Waals surface area (Å²) in [5.74, 6) is 4.19. The highest BCUT2D eigenvalue weighted by Gasteiger charge is 2.43. The van der Waals surface area contributed by atoms with Gasteiger partial charge in [-0.3, -0.25) is 4.79 Å². The van der Waals surface area contributed by atoms with E-state index in [0.717, 1.165) is 53.4 Å². The van der Waals surface area contributed by atoms with E-state index in [1.54, 1.807) is 0 Å². The quantitative estimate of drug-likeness (QED) is 0.780. The van der Waals surface area contributed by atoms with Gasteiger partial charge >= 0.3 is 0 Å². The number of aryl methyl sites for hydroxylation is 2. The van der Waals surface area contributed by atoms with Crippen LogP contribution in [0.15, 0.2) is 4.42 Å². The van der Waals surface area contributed by atoms with E-state index in [-0.39, 0.29) is 17.3 Å². The smallest absolute Gasteiger partial charge is 0.169 e. The van der Waals surface area contributed by atoms with Crippen molar-refractivity contribution in [3.05, 3.63) is 22.6 Å². The van der Waals surface area contributed by atoms with Crippen molar-refractivity contribution in [3.8, 4) is 0 Å². The van der Waals surface area contributed by atoms with Gasteiger partial charge in [-0.2, -0.15) is 11.8 Å². The lowest BCUT2D eigenvalue weighted by Gasteiger charge is -2.37. The van der Waals surface area contributed by atoms with Crippen LogP contribution in [0.1, 0.15) is 46.7 Å². The molecular formula is C16H22O3S. The van der Waals surface area contributed by atoms with Crippen molar-refractivity contribution in [1.29, 1.82) is 0 Å². The molecule has 2 fully saturated rings. The SMILES string of the molecule is Cc1oc(C)c(C(=O)C2CCOC3(CCSC3)C2)c1C. The van der Waals surface area contributed by atoms with E-state index in [0.29, 0.717) is 6.61 Å². The molecule has 2 aliphatic rings. The standard InChI is InChI=1S/C16H22O3S/c1-10-11(2)19-12(3)14(10)15(17)13-4-6-18-16(8-13)5-7-20-9-16/h13H,4-9H2,1-3H3. The van der Waals surface area contributed by atoms with Crippen LogP contribution in [0, 0.1) is 26.7 Å². The van der Waals surface area contributed by atoms with E-state index in [2.05, 4.69) is 0 Å². The third kappa shape index (κ3) is 2.33. The highest BCUT2D eigenvalue weighted by molar-refractivity contribution is 7.99. The van der Waals surface area contributed by atoms with Crippen LogP contribution in [0.25, 0.3) is 0 Å². The number of hydrogen-bond donors (Lipinski definition) is 0. The lowest BCUT2D eigenvalue weighted by Crippen LogP contribution is -2.42. The number of rotatable bonds is 2. The second-order valence-corrected chi connectivity index (χ2v) is 7.21. The Bertz CT molecular complexity index is 526. The van der Waals surface area contributed by atoms with E-state index >= 15 is 0 Å².